The predicted octanol–water partition coefficient (Wildman–Crippen LogP) is 5.24. The average Bonchev–Trinajstić information content (AvgIpc) is 3.14. The molecule has 4 rings (SSSR count). The summed E-state index contributed by atoms with van der Waals surface area (Å²) in [7, 11) is 0. The summed E-state index contributed by atoms with van der Waals surface area (Å²) < 4.78 is 78.7. The molecule has 2 aliphatic heterocycles. The molecule has 2 aromatic carbocycles. The van der Waals surface area contributed by atoms with Crippen molar-refractivity contribution in [1.29, 1.82) is 0 Å². The summed E-state index contributed by atoms with van der Waals surface area (Å²) in [4.78, 5) is 15.9. The van der Waals surface area contributed by atoms with Crippen LogP contribution in [0.5, 0.6) is 0 Å². The van der Waals surface area contributed by atoms with E-state index >= 15 is 0 Å². The molecule has 0 aliphatic carbocycles. The van der Waals surface area contributed by atoms with E-state index < -0.39 is 35.4 Å². The number of amides is 1. The highest BCUT2D eigenvalue weighted by molar-refractivity contribution is 6.06. The number of hydrogen-bond acceptors (Lipinski definition) is 2. The van der Waals surface area contributed by atoms with E-state index in [1.807, 2.05) is 0 Å². The van der Waals surface area contributed by atoms with Crippen LogP contribution in [0.2, 0.25) is 0 Å². The van der Waals surface area contributed by atoms with Crippen molar-refractivity contribution in [3.63, 3.8) is 0 Å². The Morgan fingerprint density at radius 2 is 1.59 bits per heavy atom. The molecule has 0 bridgehead atoms. The molecule has 3 nitrogen and oxygen atoms in total. The third-order valence-electron chi connectivity index (χ3n) is 5.30. The van der Waals surface area contributed by atoms with Crippen LogP contribution in [0, 0.1) is 0 Å². The largest absolute Gasteiger partial charge is 0.416 e. The first-order valence-corrected chi connectivity index (χ1v) is 9.01. The van der Waals surface area contributed by atoms with Crippen molar-refractivity contribution in [2.45, 2.75) is 37.8 Å². The molecule has 1 atom stereocenters. The van der Waals surface area contributed by atoms with Gasteiger partial charge in [-0.3, -0.25) is 4.79 Å². The molecule has 2 heterocycles. The van der Waals surface area contributed by atoms with Crippen LogP contribution in [-0.4, -0.2) is 18.5 Å². The van der Waals surface area contributed by atoms with Crippen molar-refractivity contribution in [2.24, 2.45) is 0 Å². The lowest BCUT2D eigenvalue weighted by Crippen LogP contribution is -2.50. The molecular weight excluding hydrogens is 398 g/mol. The van der Waals surface area contributed by atoms with E-state index in [2.05, 4.69) is 0 Å². The first-order valence-electron chi connectivity index (χ1n) is 9.01. The van der Waals surface area contributed by atoms with Gasteiger partial charge in [0.05, 0.1) is 29.0 Å². The van der Waals surface area contributed by atoms with Gasteiger partial charge in [-0.05, 0) is 48.7 Å². The zero-order chi connectivity index (χ0) is 21.0. The second kappa shape index (κ2) is 6.67. The Labute approximate surface area is 162 Å². The Kier molecular flexibility index (Phi) is 4.51. The number of benzene rings is 2. The van der Waals surface area contributed by atoms with E-state index in [1.54, 1.807) is 4.90 Å². The third kappa shape index (κ3) is 3.54. The van der Waals surface area contributed by atoms with Gasteiger partial charge in [0.2, 0.25) is 5.91 Å². The Morgan fingerprint density at radius 1 is 0.897 bits per heavy atom. The highest BCUT2D eigenvalue weighted by atomic mass is 19.4. The van der Waals surface area contributed by atoms with Gasteiger partial charge in [0, 0.05) is 6.54 Å². The van der Waals surface area contributed by atoms with Crippen molar-refractivity contribution in [1.82, 2.24) is 0 Å². The number of halogens is 6. The molecule has 0 saturated carbocycles. The van der Waals surface area contributed by atoms with E-state index in [1.165, 1.54) is 23.1 Å². The van der Waals surface area contributed by atoms with Crippen LogP contribution in [0.25, 0.3) is 0 Å². The first kappa shape index (κ1) is 19.6. The Hall–Kier alpha value is -2.71. The first-order chi connectivity index (χ1) is 13.6. The van der Waals surface area contributed by atoms with E-state index in [0.29, 0.717) is 25.1 Å². The molecular formula is C20H16F6N2O. The summed E-state index contributed by atoms with van der Waals surface area (Å²) in [6, 6.07) is 7.17. The maximum Gasteiger partial charge on any atom is 0.416 e. The smallest absolute Gasteiger partial charge is 0.358 e. The predicted molar refractivity (Wildman–Crippen MR) is 94.4 cm³/mol. The van der Waals surface area contributed by atoms with Crippen LogP contribution in [0.15, 0.2) is 42.5 Å². The molecule has 0 spiro atoms. The fraction of sp³-hybridized carbons (Fsp3) is 0.350. The number of alkyl halides is 6. The zero-order valence-corrected chi connectivity index (χ0v) is 15.0. The number of carbonyl (C=O) groups is 1. The van der Waals surface area contributed by atoms with Gasteiger partial charge >= 0.3 is 12.4 Å². The van der Waals surface area contributed by atoms with Crippen molar-refractivity contribution in [3.05, 3.63) is 59.2 Å². The summed E-state index contributed by atoms with van der Waals surface area (Å²) >= 11 is 0. The molecule has 0 aromatic heterocycles. The van der Waals surface area contributed by atoms with Crippen molar-refractivity contribution < 1.29 is 31.1 Å². The highest BCUT2D eigenvalue weighted by Gasteiger charge is 2.42. The minimum absolute atomic E-state index is 0.0698. The van der Waals surface area contributed by atoms with Crippen molar-refractivity contribution >= 4 is 17.3 Å². The lowest BCUT2D eigenvalue weighted by molar-refractivity contribution is -0.138. The fourth-order valence-corrected chi connectivity index (χ4v) is 3.96. The monoisotopic (exact) mass is 414 g/mol. The van der Waals surface area contributed by atoms with Crippen LogP contribution in [-0.2, 0) is 23.7 Å². The van der Waals surface area contributed by atoms with Crippen LogP contribution >= 0.6 is 0 Å². The molecule has 0 unspecified atom stereocenters. The van der Waals surface area contributed by atoms with Gasteiger partial charge in [-0.15, -0.1) is 0 Å². The molecule has 2 aromatic rings. The van der Waals surface area contributed by atoms with Gasteiger partial charge in [-0.2, -0.15) is 26.3 Å². The zero-order valence-electron chi connectivity index (χ0n) is 15.0. The Balaban J connectivity index is 1.77. The van der Waals surface area contributed by atoms with Gasteiger partial charge in [0.15, 0.2) is 0 Å². The fourth-order valence-electron chi connectivity index (χ4n) is 3.96. The molecule has 154 valence electrons. The van der Waals surface area contributed by atoms with E-state index in [4.69, 9.17) is 0 Å². The Bertz CT molecular complexity index is 953. The molecule has 9 heteroatoms. The number of hydrogen-bond donors (Lipinski definition) is 0. The van der Waals surface area contributed by atoms with Crippen LogP contribution < -0.4 is 9.80 Å². The Morgan fingerprint density at radius 3 is 2.28 bits per heavy atom. The molecule has 29 heavy (non-hydrogen) atoms. The normalized spacial score (nSPS) is 19.4. The van der Waals surface area contributed by atoms with Gasteiger partial charge in [0.25, 0.3) is 0 Å². The van der Waals surface area contributed by atoms with Crippen molar-refractivity contribution in [3.8, 4) is 0 Å². The van der Waals surface area contributed by atoms with Crippen LogP contribution in [0.3, 0.4) is 0 Å². The van der Waals surface area contributed by atoms with Crippen molar-refractivity contribution in [2.75, 3.05) is 16.3 Å². The lowest BCUT2D eigenvalue weighted by Gasteiger charge is -2.40. The summed E-state index contributed by atoms with van der Waals surface area (Å²) in [6.07, 6.45) is -7.88. The van der Waals surface area contributed by atoms with Crippen LogP contribution in [0.1, 0.15) is 29.5 Å². The van der Waals surface area contributed by atoms with E-state index in [-0.39, 0.29) is 17.8 Å². The minimum Gasteiger partial charge on any atom is -0.358 e. The number of anilines is 2. The van der Waals surface area contributed by atoms with Gasteiger partial charge in [0.1, 0.15) is 6.04 Å². The molecule has 1 amide bonds. The van der Waals surface area contributed by atoms with Crippen LogP contribution in [0.4, 0.5) is 37.7 Å². The standard InChI is InChI=1S/C20H16F6N2O/c21-19(22,23)13-4-1-3-12(9-13)11-28-17-10-14(20(24,25)26)6-7-15(17)27-8-2-5-16(27)18(28)29/h1,3-4,6-7,9-10,16H,2,5,8,11H2/t16-/m0/s1. The highest BCUT2D eigenvalue weighted by Crippen LogP contribution is 2.44. The minimum atomic E-state index is -4.60. The SMILES string of the molecule is O=C1[C@@H]2CCCN2c2ccc(C(F)(F)F)cc2N1Cc1cccc(C(F)(F)F)c1. The lowest BCUT2D eigenvalue weighted by atomic mass is 10.0. The van der Waals surface area contributed by atoms with Gasteiger partial charge in [-0.25, -0.2) is 0 Å². The number of rotatable bonds is 2. The third-order valence-corrected chi connectivity index (χ3v) is 5.30. The molecule has 1 fully saturated rings. The average molecular weight is 414 g/mol. The quantitative estimate of drug-likeness (QED) is 0.628. The summed E-state index contributed by atoms with van der Waals surface area (Å²) in [5, 5.41) is 0. The number of nitrogens with zero attached hydrogens (tertiary/aromatic N) is 2. The summed E-state index contributed by atoms with van der Waals surface area (Å²) in [5.74, 6) is -0.397. The summed E-state index contributed by atoms with van der Waals surface area (Å²) in [6.45, 7) is 0.313. The number of fused-ring (bicyclic) bond motifs is 3. The topological polar surface area (TPSA) is 23.6 Å². The maximum absolute atomic E-state index is 13.2. The molecule has 0 N–H and O–H groups in total. The maximum atomic E-state index is 13.2. The van der Waals surface area contributed by atoms with Gasteiger partial charge < -0.3 is 9.80 Å². The van der Waals surface area contributed by atoms with E-state index in [0.717, 1.165) is 24.3 Å². The molecule has 0 radical (unpaired) electrons. The second-order valence-electron chi connectivity index (χ2n) is 7.18. The number of carbonyl (C=O) groups excluding carboxylic acids is 1. The molecule has 2 aliphatic rings. The molecule has 1 saturated heterocycles. The van der Waals surface area contributed by atoms with E-state index in [9.17, 15) is 31.1 Å². The summed E-state index contributed by atoms with van der Waals surface area (Å²) in [5.41, 5.74) is -1.02. The van der Waals surface area contributed by atoms with Gasteiger partial charge in [-0.1, -0.05) is 12.1 Å². The second-order valence-corrected chi connectivity index (χ2v) is 7.18.